The summed E-state index contributed by atoms with van der Waals surface area (Å²) in [5, 5.41) is 18.6. The first-order chi connectivity index (χ1) is 15.7. The minimum absolute atomic E-state index is 0.297. The normalized spacial score (nSPS) is 11.2. The molecule has 2 heterocycles. The first-order valence-corrected chi connectivity index (χ1v) is 10.8. The lowest BCUT2D eigenvalue weighted by Gasteiger charge is -2.17. The zero-order valence-electron chi connectivity index (χ0n) is 18.7. The van der Waals surface area contributed by atoms with Gasteiger partial charge in [-0.15, -0.1) is 10.2 Å². The fourth-order valence-electron chi connectivity index (χ4n) is 3.59. The van der Waals surface area contributed by atoms with E-state index in [1.54, 1.807) is 18.3 Å². The Bertz CT molecular complexity index is 1390. The van der Waals surface area contributed by atoms with Crippen molar-refractivity contribution in [1.82, 2.24) is 19.7 Å². The summed E-state index contributed by atoms with van der Waals surface area (Å²) >= 11 is 6.20. The molecule has 0 atom stereocenters. The maximum absolute atomic E-state index is 9.44. The third-order valence-electron chi connectivity index (χ3n) is 5.67. The van der Waals surface area contributed by atoms with Crippen LogP contribution in [0.2, 0.25) is 5.02 Å². The van der Waals surface area contributed by atoms with Crippen molar-refractivity contribution in [2.75, 3.05) is 5.73 Å². The molecule has 0 saturated carbocycles. The minimum atomic E-state index is -0.572. The van der Waals surface area contributed by atoms with Crippen LogP contribution in [0.25, 0.3) is 34.3 Å². The Hall–Kier alpha value is -3.95. The molecule has 164 valence electrons. The van der Waals surface area contributed by atoms with Crippen LogP contribution < -0.4 is 5.73 Å². The molecule has 0 amide bonds. The quantitative estimate of drug-likeness (QED) is 0.400. The first kappa shape index (κ1) is 22.3. The fraction of sp³-hybridized carbons (Fsp3) is 0.154. The number of rotatable bonds is 5. The van der Waals surface area contributed by atoms with Gasteiger partial charge in [0.05, 0.1) is 22.2 Å². The van der Waals surface area contributed by atoms with E-state index in [1.807, 2.05) is 67.8 Å². The molecule has 2 aromatic carbocycles. The third kappa shape index (κ3) is 4.11. The smallest absolute Gasteiger partial charge is 0.168 e. The standard InChI is InChI=1S/C26H23ClN6/c1-5-23-31-32-25(17-8-10-20(11-9-17)26(3,4)15-28)33(23)22-13-18(7-6-16(22)2)19-12-21(27)24(29)30-14-19/h5-14H,1H2,2-4H3,(H2,29,30). The van der Waals surface area contributed by atoms with E-state index in [-0.39, 0.29) is 0 Å². The summed E-state index contributed by atoms with van der Waals surface area (Å²) in [5.41, 5.74) is 10.8. The maximum Gasteiger partial charge on any atom is 0.168 e. The minimum Gasteiger partial charge on any atom is -0.382 e. The number of nitrogens with zero attached hydrogens (tertiary/aromatic N) is 5. The number of anilines is 1. The van der Waals surface area contributed by atoms with Crippen LogP contribution in [-0.2, 0) is 5.41 Å². The predicted octanol–water partition coefficient (Wildman–Crippen LogP) is 5.98. The van der Waals surface area contributed by atoms with Gasteiger partial charge in [-0.1, -0.05) is 54.6 Å². The van der Waals surface area contributed by atoms with Crippen molar-refractivity contribution in [1.29, 1.82) is 5.26 Å². The second kappa shape index (κ2) is 8.53. The van der Waals surface area contributed by atoms with Crippen LogP contribution in [0.1, 0.15) is 30.8 Å². The Kier molecular flexibility index (Phi) is 5.75. The molecule has 0 spiro atoms. The van der Waals surface area contributed by atoms with Crippen molar-refractivity contribution in [3.63, 3.8) is 0 Å². The number of nitriles is 1. The fourth-order valence-corrected chi connectivity index (χ4v) is 3.76. The van der Waals surface area contributed by atoms with Gasteiger partial charge in [0.2, 0.25) is 0 Å². The van der Waals surface area contributed by atoms with E-state index >= 15 is 0 Å². The van der Waals surface area contributed by atoms with Gasteiger partial charge in [-0.3, -0.25) is 4.57 Å². The highest BCUT2D eigenvalue weighted by Crippen LogP contribution is 2.32. The van der Waals surface area contributed by atoms with Crippen molar-refractivity contribution < 1.29 is 0 Å². The molecule has 4 rings (SSSR count). The number of hydrogen-bond donors (Lipinski definition) is 1. The first-order valence-electron chi connectivity index (χ1n) is 10.4. The Labute approximate surface area is 198 Å². The molecule has 0 saturated heterocycles. The van der Waals surface area contributed by atoms with Crippen molar-refractivity contribution in [2.24, 2.45) is 0 Å². The van der Waals surface area contributed by atoms with Gasteiger partial charge in [0, 0.05) is 17.3 Å². The van der Waals surface area contributed by atoms with Crippen LogP contribution in [0.4, 0.5) is 5.82 Å². The molecule has 0 aliphatic heterocycles. The lowest BCUT2D eigenvalue weighted by Crippen LogP contribution is -2.13. The van der Waals surface area contributed by atoms with Crippen molar-refractivity contribution in [3.05, 3.63) is 83.3 Å². The van der Waals surface area contributed by atoms with Gasteiger partial charge >= 0.3 is 0 Å². The molecule has 33 heavy (non-hydrogen) atoms. The summed E-state index contributed by atoms with van der Waals surface area (Å²) in [6, 6.07) is 18.1. The topological polar surface area (TPSA) is 93.4 Å². The number of nitrogen functional groups attached to an aromatic ring is 1. The summed E-state index contributed by atoms with van der Waals surface area (Å²) in [4.78, 5) is 4.18. The number of aryl methyl sites for hydroxylation is 1. The monoisotopic (exact) mass is 454 g/mol. The molecule has 0 bridgehead atoms. The van der Waals surface area contributed by atoms with E-state index in [1.165, 1.54) is 0 Å². The lowest BCUT2D eigenvalue weighted by atomic mass is 9.86. The average Bonchev–Trinajstić information content (AvgIpc) is 3.25. The van der Waals surface area contributed by atoms with Crippen LogP contribution >= 0.6 is 11.6 Å². The van der Waals surface area contributed by atoms with E-state index in [0.717, 1.165) is 33.5 Å². The third-order valence-corrected chi connectivity index (χ3v) is 5.97. The summed E-state index contributed by atoms with van der Waals surface area (Å²) in [6.45, 7) is 9.74. The summed E-state index contributed by atoms with van der Waals surface area (Å²) in [6.07, 6.45) is 3.38. The Balaban J connectivity index is 1.85. The highest BCUT2D eigenvalue weighted by atomic mass is 35.5. The van der Waals surface area contributed by atoms with Crippen LogP contribution in [-0.4, -0.2) is 19.7 Å². The van der Waals surface area contributed by atoms with Gasteiger partial charge in [0.15, 0.2) is 11.6 Å². The van der Waals surface area contributed by atoms with Crippen molar-refractivity contribution >= 4 is 23.5 Å². The summed E-state index contributed by atoms with van der Waals surface area (Å²) in [7, 11) is 0. The Morgan fingerprint density at radius 3 is 2.39 bits per heavy atom. The van der Waals surface area contributed by atoms with Gasteiger partial charge in [0.1, 0.15) is 5.82 Å². The van der Waals surface area contributed by atoms with Crippen molar-refractivity contribution in [3.8, 4) is 34.3 Å². The van der Waals surface area contributed by atoms with Crippen LogP contribution in [0.15, 0.2) is 61.3 Å². The molecule has 0 aliphatic carbocycles. The molecule has 0 radical (unpaired) electrons. The van der Waals surface area contributed by atoms with E-state index in [2.05, 4.69) is 27.8 Å². The molecular formula is C26H23ClN6. The van der Waals surface area contributed by atoms with Crippen LogP contribution in [0.5, 0.6) is 0 Å². The van der Waals surface area contributed by atoms with Crippen LogP contribution in [0, 0.1) is 18.3 Å². The average molecular weight is 455 g/mol. The molecular weight excluding hydrogens is 432 g/mol. The van der Waals surface area contributed by atoms with E-state index in [0.29, 0.717) is 22.5 Å². The number of pyridine rings is 1. The number of aromatic nitrogens is 4. The second-order valence-electron chi connectivity index (χ2n) is 8.33. The van der Waals surface area contributed by atoms with E-state index in [9.17, 15) is 5.26 Å². The van der Waals surface area contributed by atoms with E-state index < -0.39 is 5.41 Å². The lowest BCUT2D eigenvalue weighted by molar-refractivity contribution is 0.687. The SMILES string of the molecule is C=Cc1nnc(-c2ccc(C(C)(C)C#N)cc2)n1-c1cc(-c2cnc(N)c(Cl)c2)ccc1C. The Morgan fingerprint density at radius 2 is 1.76 bits per heavy atom. The molecule has 0 fully saturated rings. The number of benzene rings is 2. The highest BCUT2D eigenvalue weighted by Gasteiger charge is 2.21. The second-order valence-corrected chi connectivity index (χ2v) is 8.74. The number of halogens is 1. The molecule has 6 nitrogen and oxygen atoms in total. The van der Waals surface area contributed by atoms with Gasteiger partial charge in [0.25, 0.3) is 0 Å². The van der Waals surface area contributed by atoms with Crippen molar-refractivity contribution in [2.45, 2.75) is 26.2 Å². The molecule has 0 aliphatic rings. The molecule has 7 heteroatoms. The maximum atomic E-state index is 9.44. The van der Waals surface area contributed by atoms with Gasteiger partial charge in [-0.05, 0) is 55.7 Å². The predicted molar refractivity (Wildman–Crippen MR) is 133 cm³/mol. The molecule has 2 aromatic heterocycles. The summed E-state index contributed by atoms with van der Waals surface area (Å²) in [5.74, 6) is 1.60. The number of nitrogens with two attached hydrogens (primary N) is 1. The number of hydrogen-bond acceptors (Lipinski definition) is 5. The van der Waals surface area contributed by atoms with Gasteiger partial charge < -0.3 is 5.73 Å². The molecule has 0 unspecified atom stereocenters. The molecule has 2 N–H and O–H groups in total. The van der Waals surface area contributed by atoms with Crippen LogP contribution in [0.3, 0.4) is 0 Å². The zero-order chi connectivity index (χ0) is 23.8. The Morgan fingerprint density at radius 1 is 1.06 bits per heavy atom. The van der Waals surface area contributed by atoms with Gasteiger partial charge in [-0.2, -0.15) is 5.26 Å². The van der Waals surface area contributed by atoms with Gasteiger partial charge in [-0.25, -0.2) is 4.98 Å². The largest absolute Gasteiger partial charge is 0.382 e. The molecule has 4 aromatic rings. The highest BCUT2D eigenvalue weighted by molar-refractivity contribution is 6.33. The zero-order valence-corrected chi connectivity index (χ0v) is 19.4. The summed E-state index contributed by atoms with van der Waals surface area (Å²) < 4.78 is 1.97. The van der Waals surface area contributed by atoms with E-state index in [4.69, 9.17) is 17.3 Å².